The summed E-state index contributed by atoms with van der Waals surface area (Å²) in [6.45, 7) is 4.16. The molecule has 0 aliphatic heterocycles. The van der Waals surface area contributed by atoms with Crippen LogP contribution in [0.5, 0.6) is 0 Å². The molecular formula is C16H26N2O. The quantitative estimate of drug-likeness (QED) is 0.832. The van der Waals surface area contributed by atoms with Gasteiger partial charge in [-0.15, -0.1) is 0 Å². The van der Waals surface area contributed by atoms with Gasteiger partial charge in [-0.2, -0.15) is 0 Å². The maximum atomic E-state index is 6.11. The summed E-state index contributed by atoms with van der Waals surface area (Å²) >= 11 is 0. The van der Waals surface area contributed by atoms with Crippen molar-refractivity contribution in [3.63, 3.8) is 0 Å². The first-order valence-electron chi connectivity index (χ1n) is 7.99. The second kappa shape index (κ2) is 6.08. The van der Waals surface area contributed by atoms with Crippen LogP contribution < -0.4 is 0 Å². The minimum absolute atomic E-state index is 0.494. The van der Waals surface area contributed by atoms with Crippen LogP contribution in [0.2, 0.25) is 0 Å². The van der Waals surface area contributed by atoms with Gasteiger partial charge in [0.1, 0.15) is 0 Å². The zero-order valence-corrected chi connectivity index (χ0v) is 12.1. The number of aryl methyl sites for hydroxylation is 1. The molecule has 0 spiro atoms. The molecule has 3 heteroatoms. The number of aromatic nitrogens is 2. The van der Waals surface area contributed by atoms with Crippen LogP contribution in [0.4, 0.5) is 0 Å². The summed E-state index contributed by atoms with van der Waals surface area (Å²) in [5, 5.41) is 0. The van der Waals surface area contributed by atoms with Crippen LogP contribution in [-0.2, 0) is 24.1 Å². The Balaban J connectivity index is 1.51. The van der Waals surface area contributed by atoms with E-state index < -0.39 is 0 Å². The molecule has 0 bridgehead atoms. The second-order valence-corrected chi connectivity index (χ2v) is 6.21. The molecule has 1 aromatic heterocycles. The highest BCUT2D eigenvalue weighted by molar-refractivity contribution is 5.16. The molecule has 2 unspecified atom stereocenters. The Bertz CT molecular complexity index is 413. The molecule has 3 rings (SSSR count). The highest BCUT2D eigenvalue weighted by atomic mass is 16.5. The number of rotatable bonds is 4. The van der Waals surface area contributed by atoms with Crippen molar-refractivity contribution >= 4 is 0 Å². The smallest absolute Gasteiger partial charge is 0.0952 e. The first-order chi connectivity index (χ1) is 9.34. The number of nitrogens with zero attached hydrogens (tertiary/aromatic N) is 2. The van der Waals surface area contributed by atoms with Gasteiger partial charge < -0.3 is 9.30 Å². The summed E-state index contributed by atoms with van der Waals surface area (Å²) in [4.78, 5) is 4.54. The van der Waals surface area contributed by atoms with Gasteiger partial charge in [-0.05, 0) is 44.4 Å². The lowest BCUT2D eigenvalue weighted by Gasteiger charge is -2.28. The molecular weight excluding hydrogens is 236 g/mol. The predicted molar refractivity (Wildman–Crippen MR) is 76.2 cm³/mol. The molecule has 0 N–H and O–H groups in total. The minimum atomic E-state index is 0.494. The van der Waals surface area contributed by atoms with Crippen molar-refractivity contribution in [1.29, 1.82) is 0 Å². The monoisotopic (exact) mass is 262 g/mol. The summed E-state index contributed by atoms with van der Waals surface area (Å²) in [6, 6.07) is 0. The van der Waals surface area contributed by atoms with Crippen LogP contribution in [0.1, 0.15) is 56.8 Å². The van der Waals surface area contributed by atoms with E-state index in [2.05, 4.69) is 16.5 Å². The van der Waals surface area contributed by atoms with E-state index in [0.29, 0.717) is 6.10 Å². The van der Waals surface area contributed by atoms with E-state index in [9.17, 15) is 0 Å². The number of imidazole rings is 1. The Morgan fingerprint density at radius 2 is 2.05 bits per heavy atom. The molecule has 106 valence electrons. The molecule has 1 fully saturated rings. The Morgan fingerprint density at radius 3 is 2.95 bits per heavy atom. The fourth-order valence-electron chi connectivity index (χ4n) is 3.56. The van der Waals surface area contributed by atoms with Gasteiger partial charge in [0.2, 0.25) is 0 Å². The van der Waals surface area contributed by atoms with Gasteiger partial charge in [0.05, 0.1) is 24.7 Å². The zero-order valence-electron chi connectivity index (χ0n) is 12.1. The van der Waals surface area contributed by atoms with Crippen molar-refractivity contribution in [2.45, 2.75) is 70.9 Å². The molecule has 1 saturated carbocycles. The SMILES string of the molecule is CC1CCCCC1OCCn1cnc2c1CCCC2. The largest absolute Gasteiger partial charge is 0.376 e. The van der Waals surface area contributed by atoms with Crippen molar-refractivity contribution in [3.8, 4) is 0 Å². The number of hydrogen-bond donors (Lipinski definition) is 0. The molecule has 2 aliphatic carbocycles. The van der Waals surface area contributed by atoms with Crippen LogP contribution in [0.15, 0.2) is 6.33 Å². The van der Waals surface area contributed by atoms with Gasteiger partial charge in [0.15, 0.2) is 0 Å². The van der Waals surface area contributed by atoms with Crippen LogP contribution in [0.3, 0.4) is 0 Å². The summed E-state index contributed by atoms with van der Waals surface area (Å²) in [6.07, 6.45) is 12.8. The van der Waals surface area contributed by atoms with Crippen LogP contribution in [0.25, 0.3) is 0 Å². The number of hydrogen-bond acceptors (Lipinski definition) is 2. The van der Waals surface area contributed by atoms with Gasteiger partial charge >= 0.3 is 0 Å². The molecule has 3 nitrogen and oxygen atoms in total. The summed E-state index contributed by atoms with van der Waals surface area (Å²) in [7, 11) is 0. The second-order valence-electron chi connectivity index (χ2n) is 6.21. The van der Waals surface area contributed by atoms with Gasteiger partial charge in [-0.1, -0.05) is 19.8 Å². The fourth-order valence-corrected chi connectivity index (χ4v) is 3.56. The maximum Gasteiger partial charge on any atom is 0.0952 e. The van der Waals surface area contributed by atoms with E-state index in [1.165, 1.54) is 62.8 Å². The van der Waals surface area contributed by atoms with E-state index in [1.54, 1.807) is 0 Å². The van der Waals surface area contributed by atoms with Crippen molar-refractivity contribution < 1.29 is 4.74 Å². The minimum Gasteiger partial charge on any atom is -0.376 e. The van der Waals surface area contributed by atoms with E-state index in [4.69, 9.17) is 4.74 Å². The molecule has 1 heterocycles. The Kier molecular flexibility index (Phi) is 4.21. The zero-order chi connectivity index (χ0) is 13.1. The van der Waals surface area contributed by atoms with Crippen LogP contribution in [-0.4, -0.2) is 22.3 Å². The Labute approximate surface area is 116 Å². The standard InChI is InChI=1S/C16H26N2O/c1-13-6-2-5-9-16(13)19-11-10-18-12-17-14-7-3-4-8-15(14)18/h12-13,16H,2-11H2,1H3. The van der Waals surface area contributed by atoms with Gasteiger partial charge in [0, 0.05) is 12.2 Å². The molecule has 0 aromatic carbocycles. The Hall–Kier alpha value is -0.830. The summed E-state index contributed by atoms with van der Waals surface area (Å²) in [5.41, 5.74) is 2.80. The van der Waals surface area contributed by atoms with E-state index in [-0.39, 0.29) is 0 Å². The van der Waals surface area contributed by atoms with E-state index in [1.807, 2.05) is 6.33 Å². The molecule has 19 heavy (non-hydrogen) atoms. The summed E-state index contributed by atoms with van der Waals surface area (Å²) < 4.78 is 8.43. The van der Waals surface area contributed by atoms with Crippen molar-refractivity contribution in [2.24, 2.45) is 5.92 Å². The molecule has 0 saturated heterocycles. The van der Waals surface area contributed by atoms with Gasteiger partial charge in [-0.3, -0.25) is 0 Å². The lowest BCUT2D eigenvalue weighted by molar-refractivity contribution is -0.00858. The normalized spacial score (nSPS) is 27.2. The molecule has 0 amide bonds. The third-order valence-electron chi connectivity index (χ3n) is 4.81. The maximum absolute atomic E-state index is 6.11. The number of fused-ring (bicyclic) bond motifs is 1. The first kappa shape index (κ1) is 13.2. The van der Waals surface area contributed by atoms with Crippen molar-refractivity contribution in [3.05, 3.63) is 17.7 Å². The third-order valence-corrected chi connectivity index (χ3v) is 4.81. The highest BCUT2D eigenvalue weighted by Gasteiger charge is 2.22. The average Bonchev–Trinajstić information content (AvgIpc) is 2.85. The van der Waals surface area contributed by atoms with E-state index >= 15 is 0 Å². The molecule has 2 atom stereocenters. The molecule has 0 radical (unpaired) electrons. The molecule has 1 aromatic rings. The lowest BCUT2D eigenvalue weighted by Crippen LogP contribution is -2.27. The Morgan fingerprint density at radius 1 is 1.21 bits per heavy atom. The van der Waals surface area contributed by atoms with Crippen LogP contribution in [0, 0.1) is 5.92 Å². The highest BCUT2D eigenvalue weighted by Crippen LogP contribution is 2.26. The summed E-state index contributed by atoms with van der Waals surface area (Å²) in [5.74, 6) is 0.741. The van der Waals surface area contributed by atoms with Gasteiger partial charge in [-0.25, -0.2) is 4.98 Å². The first-order valence-corrected chi connectivity index (χ1v) is 7.99. The predicted octanol–water partition coefficient (Wildman–Crippen LogP) is 3.36. The van der Waals surface area contributed by atoms with Crippen LogP contribution >= 0.6 is 0 Å². The van der Waals surface area contributed by atoms with E-state index in [0.717, 1.165) is 19.1 Å². The lowest BCUT2D eigenvalue weighted by atomic mass is 9.88. The average molecular weight is 262 g/mol. The molecule has 2 aliphatic rings. The van der Waals surface area contributed by atoms with Crippen molar-refractivity contribution in [1.82, 2.24) is 9.55 Å². The van der Waals surface area contributed by atoms with Crippen molar-refractivity contribution in [2.75, 3.05) is 6.61 Å². The third kappa shape index (κ3) is 3.02. The fraction of sp³-hybridized carbons (Fsp3) is 0.812. The topological polar surface area (TPSA) is 27.1 Å². The number of ether oxygens (including phenoxy) is 1. The van der Waals surface area contributed by atoms with Gasteiger partial charge in [0.25, 0.3) is 0 Å².